The van der Waals surface area contributed by atoms with E-state index in [1.807, 2.05) is 0 Å². The molecule has 0 aliphatic carbocycles. The molecule has 0 radical (unpaired) electrons. The summed E-state index contributed by atoms with van der Waals surface area (Å²) in [5, 5.41) is 8.63. The molecule has 0 aliphatic rings. The van der Waals surface area contributed by atoms with E-state index in [1.54, 1.807) is 0 Å². The molecule has 0 spiro atoms. The molecule has 1 rings (SSSR count). The predicted octanol–water partition coefficient (Wildman–Crippen LogP) is -0.133. The number of amides is 1. The van der Waals surface area contributed by atoms with Crippen LogP contribution in [0, 0.1) is 5.82 Å². The summed E-state index contributed by atoms with van der Waals surface area (Å²) in [5.41, 5.74) is 5.09. The van der Waals surface area contributed by atoms with Crippen molar-refractivity contribution in [2.75, 3.05) is 25.9 Å². The second kappa shape index (κ2) is 4.70. The maximum atomic E-state index is 13.4. The number of hydrogen-bond donors (Lipinski definition) is 2. The minimum atomic E-state index is -0.827. The van der Waals surface area contributed by atoms with Gasteiger partial charge in [0.1, 0.15) is 0 Å². The number of aliphatic hydroxyl groups is 1. The zero-order valence-electron chi connectivity index (χ0n) is 8.27. The molecular formula is C9H12FN3O2. The van der Waals surface area contributed by atoms with Gasteiger partial charge >= 0.3 is 0 Å². The Bertz CT molecular complexity index is 370. The maximum Gasteiger partial charge on any atom is 0.256 e. The van der Waals surface area contributed by atoms with Crippen molar-refractivity contribution in [1.82, 2.24) is 9.88 Å². The lowest BCUT2D eigenvalue weighted by molar-refractivity contribution is 0.0762. The van der Waals surface area contributed by atoms with E-state index in [0.29, 0.717) is 0 Å². The molecule has 0 saturated carbocycles. The van der Waals surface area contributed by atoms with E-state index < -0.39 is 11.7 Å². The SMILES string of the molecule is CN(CCO)C(=O)c1ccnc(N)c1F. The lowest BCUT2D eigenvalue weighted by atomic mass is 10.2. The number of nitrogen functional groups attached to an aromatic ring is 1. The van der Waals surface area contributed by atoms with Gasteiger partial charge in [0.05, 0.1) is 12.2 Å². The first-order valence-corrected chi connectivity index (χ1v) is 4.34. The highest BCUT2D eigenvalue weighted by atomic mass is 19.1. The molecule has 82 valence electrons. The number of nitrogens with two attached hydrogens (primary N) is 1. The third-order valence-electron chi connectivity index (χ3n) is 1.93. The number of hydrogen-bond acceptors (Lipinski definition) is 4. The summed E-state index contributed by atoms with van der Waals surface area (Å²) >= 11 is 0. The number of likely N-dealkylation sites (N-methyl/N-ethyl adjacent to an activating group) is 1. The monoisotopic (exact) mass is 213 g/mol. The van der Waals surface area contributed by atoms with Crippen molar-refractivity contribution < 1.29 is 14.3 Å². The van der Waals surface area contributed by atoms with Crippen molar-refractivity contribution in [2.45, 2.75) is 0 Å². The molecule has 0 aromatic carbocycles. The fourth-order valence-corrected chi connectivity index (χ4v) is 1.08. The second-order valence-corrected chi connectivity index (χ2v) is 3.01. The highest BCUT2D eigenvalue weighted by molar-refractivity contribution is 5.94. The fraction of sp³-hybridized carbons (Fsp3) is 0.333. The maximum absolute atomic E-state index is 13.4. The third kappa shape index (κ3) is 2.41. The number of carbonyl (C=O) groups excluding carboxylic acids is 1. The Morgan fingerprint density at radius 1 is 1.73 bits per heavy atom. The van der Waals surface area contributed by atoms with Crippen LogP contribution in [0.25, 0.3) is 0 Å². The van der Waals surface area contributed by atoms with Gasteiger partial charge in [-0.2, -0.15) is 0 Å². The Morgan fingerprint density at radius 3 is 3.00 bits per heavy atom. The minimum absolute atomic E-state index is 0.139. The Labute approximate surface area is 86.3 Å². The largest absolute Gasteiger partial charge is 0.395 e. The molecule has 6 heteroatoms. The summed E-state index contributed by atoms with van der Waals surface area (Å²) in [6, 6.07) is 1.25. The Balaban J connectivity index is 2.96. The molecule has 0 fully saturated rings. The summed E-state index contributed by atoms with van der Waals surface area (Å²) < 4.78 is 13.4. The lowest BCUT2D eigenvalue weighted by Crippen LogP contribution is -2.30. The number of halogens is 1. The molecular weight excluding hydrogens is 201 g/mol. The van der Waals surface area contributed by atoms with Gasteiger partial charge in [0.2, 0.25) is 0 Å². The number of aromatic nitrogens is 1. The first-order chi connectivity index (χ1) is 7.07. The average Bonchev–Trinajstić information content (AvgIpc) is 2.21. The highest BCUT2D eigenvalue weighted by Crippen LogP contribution is 2.13. The summed E-state index contributed by atoms with van der Waals surface area (Å²) in [6.07, 6.45) is 1.26. The van der Waals surface area contributed by atoms with Gasteiger partial charge in [0.25, 0.3) is 5.91 Å². The molecule has 15 heavy (non-hydrogen) atoms. The van der Waals surface area contributed by atoms with E-state index in [2.05, 4.69) is 4.98 Å². The van der Waals surface area contributed by atoms with Crippen LogP contribution in [0.5, 0.6) is 0 Å². The number of nitrogens with zero attached hydrogens (tertiary/aromatic N) is 2. The first kappa shape index (κ1) is 11.4. The van der Waals surface area contributed by atoms with E-state index in [4.69, 9.17) is 10.8 Å². The minimum Gasteiger partial charge on any atom is -0.395 e. The van der Waals surface area contributed by atoms with E-state index in [0.717, 1.165) is 0 Å². The summed E-state index contributed by atoms with van der Waals surface area (Å²) in [5.74, 6) is -1.67. The number of pyridine rings is 1. The molecule has 3 N–H and O–H groups in total. The summed E-state index contributed by atoms with van der Waals surface area (Å²) in [7, 11) is 1.47. The molecule has 0 saturated heterocycles. The summed E-state index contributed by atoms with van der Waals surface area (Å²) in [4.78, 5) is 16.3. The molecule has 1 aromatic rings. The van der Waals surface area contributed by atoms with Crippen molar-refractivity contribution in [1.29, 1.82) is 0 Å². The van der Waals surface area contributed by atoms with Gasteiger partial charge in [0.15, 0.2) is 11.6 Å². The van der Waals surface area contributed by atoms with Crippen LogP contribution in [0.3, 0.4) is 0 Å². The molecule has 5 nitrogen and oxygen atoms in total. The quantitative estimate of drug-likeness (QED) is 0.732. The van der Waals surface area contributed by atoms with Gasteiger partial charge in [-0.3, -0.25) is 4.79 Å². The van der Waals surface area contributed by atoms with Crippen LogP contribution < -0.4 is 5.73 Å². The molecule has 1 heterocycles. The van der Waals surface area contributed by atoms with Crippen LogP contribution >= 0.6 is 0 Å². The van der Waals surface area contributed by atoms with Crippen molar-refractivity contribution in [3.05, 3.63) is 23.6 Å². The normalized spacial score (nSPS) is 10.1. The van der Waals surface area contributed by atoms with Crippen molar-refractivity contribution >= 4 is 11.7 Å². The van der Waals surface area contributed by atoms with E-state index in [1.165, 1.54) is 24.2 Å². The van der Waals surface area contributed by atoms with Gasteiger partial charge in [-0.25, -0.2) is 9.37 Å². The number of aliphatic hydroxyl groups excluding tert-OH is 1. The topological polar surface area (TPSA) is 79.5 Å². The van der Waals surface area contributed by atoms with Gasteiger partial charge < -0.3 is 15.7 Å². The number of anilines is 1. The van der Waals surface area contributed by atoms with E-state index in [-0.39, 0.29) is 24.5 Å². The average molecular weight is 213 g/mol. The third-order valence-corrected chi connectivity index (χ3v) is 1.93. The van der Waals surface area contributed by atoms with E-state index in [9.17, 15) is 9.18 Å². The zero-order chi connectivity index (χ0) is 11.4. The van der Waals surface area contributed by atoms with Gasteiger partial charge in [0, 0.05) is 19.8 Å². The zero-order valence-corrected chi connectivity index (χ0v) is 8.27. The fourth-order valence-electron chi connectivity index (χ4n) is 1.08. The van der Waals surface area contributed by atoms with Crippen LogP contribution in [0.4, 0.5) is 10.2 Å². The first-order valence-electron chi connectivity index (χ1n) is 4.34. The van der Waals surface area contributed by atoms with Crippen molar-refractivity contribution in [3.8, 4) is 0 Å². The van der Waals surface area contributed by atoms with Crippen molar-refractivity contribution in [3.63, 3.8) is 0 Å². The lowest BCUT2D eigenvalue weighted by Gasteiger charge is -2.15. The molecule has 0 bridgehead atoms. The molecule has 0 aliphatic heterocycles. The highest BCUT2D eigenvalue weighted by Gasteiger charge is 2.17. The Kier molecular flexibility index (Phi) is 3.56. The van der Waals surface area contributed by atoms with Crippen LogP contribution in [-0.2, 0) is 0 Å². The van der Waals surface area contributed by atoms with Gasteiger partial charge in [-0.1, -0.05) is 0 Å². The van der Waals surface area contributed by atoms with Crippen molar-refractivity contribution in [2.24, 2.45) is 0 Å². The molecule has 0 atom stereocenters. The second-order valence-electron chi connectivity index (χ2n) is 3.01. The molecule has 1 aromatic heterocycles. The van der Waals surface area contributed by atoms with Crippen LogP contribution in [0.2, 0.25) is 0 Å². The van der Waals surface area contributed by atoms with Crippen LogP contribution in [-0.4, -0.2) is 41.1 Å². The van der Waals surface area contributed by atoms with Gasteiger partial charge in [-0.15, -0.1) is 0 Å². The number of rotatable bonds is 3. The van der Waals surface area contributed by atoms with E-state index >= 15 is 0 Å². The standard InChI is InChI=1S/C9H12FN3O2/c1-13(4-5-14)9(15)6-2-3-12-8(11)7(6)10/h2-3,14H,4-5H2,1H3,(H2,11,12). The smallest absolute Gasteiger partial charge is 0.256 e. The van der Waals surface area contributed by atoms with Crippen LogP contribution in [0.1, 0.15) is 10.4 Å². The Hall–Kier alpha value is -1.69. The van der Waals surface area contributed by atoms with Crippen LogP contribution in [0.15, 0.2) is 12.3 Å². The number of carbonyl (C=O) groups is 1. The summed E-state index contributed by atoms with van der Waals surface area (Å²) in [6.45, 7) is -0.0368. The molecule has 0 unspecified atom stereocenters. The van der Waals surface area contributed by atoms with Gasteiger partial charge in [-0.05, 0) is 6.07 Å². The molecule has 1 amide bonds. The predicted molar refractivity (Wildman–Crippen MR) is 52.7 cm³/mol. The Morgan fingerprint density at radius 2 is 2.40 bits per heavy atom.